The highest BCUT2D eigenvalue weighted by Gasteiger charge is 2.28. The Morgan fingerprint density at radius 2 is 1.08 bits per heavy atom. The minimum Gasteiger partial charge on any atom is -0.464 e. The number of pyridine rings is 1. The van der Waals surface area contributed by atoms with Gasteiger partial charge in [0.05, 0.1) is 16.9 Å². The molecule has 0 radical (unpaired) electrons. The average molecular weight is 679 g/mol. The van der Waals surface area contributed by atoms with Gasteiger partial charge in [-0.05, 0) is 67.9 Å². The van der Waals surface area contributed by atoms with E-state index in [1.165, 1.54) is 38.6 Å². The molecule has 8 aromatic carbocycles. The maximum atomic E-state index is 6.60. The Kier molecular flexibility index (Phi) is 7.54. The maximum Gasteiger partial charge on any atom is 0.196 e. The first-order chi connectivity index (χ1) is 26.3. The van der Waals surface area contributed by atoms with Gasteiger partial charge in [0.1, 0.15) is 5.75 Å². The molecule has 1 aliphatic rings. The minimum atomic E-state index is -0.301. The van der Waals surface area contributed by atoms with Crippen LogP contribution in [0.1, 0.15) is 11.8 Å². The van der Waals surface area contributed by atoms with E-state index >= 15 is 0 Å². The molecular formula is C50H34N2O. The first-order valence-corrected chi connectivity index (χ1v) is 18.1. The van der Waals surface area contributed by atoms with Crippen LogP contribution < -0.4 is 10.1 Å². The third-order valence-corrected chi connectivity index (χ3v) is 10.4. The van der Waals surface area contributed by atoms with Gasteiger partial charge in [-0.25, -0.2) is 4.98 Å². The van der Waals surface area contributed by atoms with E-state index in [0.717, 1.165) is 55.9 Å². The Balaban J connectivity index is 1.12. The second-order valence-electron chi connectivity index (χ2n) is 13.5. The summed E-state index contributed by atoms with van der Waals surface area (Å²) in [5.74, 6) is 0.843. The monoisotopic (exact) mass is 678 g/mol. The minimum absolute atomic E-state index is 0.301. The molecule has 10 rings (SSSR count). The van der Waals surface area contributed by atoms with Crippen LogP contribution in [0.3, 0.4) is 0 Å². The molecule has 0 aliphatic carbocycles. The summed E-state index contributed by atoms with van der Waals surface area (Å²) >= 11 is 0. The second-order valence-corrected chi connectivity index (χ2v) is 13.5. The maximum absolute atomic E-state index is 6.60. The standard InChI is InChI=1S/C50H34N2O/c1-3-14-33(15-4-1)34-26-28-37(29-27-34)50-52-49-43(23-13-25-47(49)53-50)42-31-30-36-18-7-8-19-38(36)48(42)41-22-10-9-20-39(41)46-32-44(35-16-5-2-6-17-35)40-21-11-12-24-45(40)51-46/h1-32,50,52H. The van der Waals surface area contributed by atoms with E-state index in [-0.39, 0.29) is 6.23 Å². The SMILES string of the molecule is c1ccc(-c2ccc(C3Nc4c(cccc4-c4ccc5ccccc5c4-c4ccccc4-c4cc(-c5ccccc5)c5ccccc5n4)O3)cc2)cc1. The van der Waals surface area contributed by atoms with Crippen molar-refractivity contribution < 1.29 is 4.74 Å². The van der Waals surface area contributed by atoms with Gasteiger partial charge >= 0.3 is 0 Å². The van der Waals surface area contributed by atoms with Gasteiger partial charge in [0.15, 0.2) is 6.23 Å². The van der Waals surface area contributed by atoms with E-state index in [2.05, 4.69) is 193 Å². The lowest BCUT2D eigenvalue weighted by Crippen LogP contribution is -2.10. The Bertz CT molecular complexity index is 2770. The lowest BCUT2D eigenvalue weighted by Gasteiger charge is -2.19. The van der Waals surface area contributed by atoms with Crippen molar-refractivity contribution in [2.75, 3.05) is 5.32 Å². The fraction of sp³-hybridized carbons (Fsp3) is 0.0200. The molecule has 0 bridgehead atoms. The highest BCUT2D eigenvalue weighted by Crippen LogP contribution is 2.49. The molecule has 3 nitrogen and oxygen atoms in total. The largest absolute Gasteiger partial charge is 0.464 e. The molecule has 0 amide bonds. The number of hydrogen-bond donors (Lipinski definition) is 1. The molecule has 3 heteroatoms. The van der Waals surface area contributed by atoms with Crippen molar-refractivity contribution in [2.45, 2.75) is 6.23 Å². The van der Waals surface area contributed by atoms with Crippen molar-refractivity contribution >= 4 is 27.4 Å². The smallest absolute Gasteiger partial charge is 0.196 e. The van der Waals surface area contributed by atoms with Crippen LogP contribution in [0, 0.1) is 0 Å². The number of ether oxygens (including phenoxy) is 1. The van der Waals surface area contributed by atoms with Gasteiger partial charge in [0.2, 0.25) is 0 Å². The summed E-state index contributed by atoms with van der Waals surface area (Å²) in [5.41, 5.74) is 14.3. The van der Waals surface area contributed by atoms with Crippen LogP contribution in [0.15, 0.2) is 194 Å². The van der Waals surface area contributed by atoms with Crippen LogP contribution in [-0.4, -0.2) is 4.98 Å². The predicted molar refractivity (Wildman–Crippen MR) is 220 cm³/mol. The normalized spacial score (nSPS) is 13.4. The van der Waals surface area contributed by atoms with Crippen LogP contribution in [0.5, 0.6) is 5.75 Å². The third kappa shape index (κ3) is 5.51. The molecule has 1 aromatic heterocycles. The van der Waals surface area contributed by atoms with Crippen LogP contribution in [0.4, 0.5) is 5.69 Å². The van der Waals surface area contributed by atoms with Crippen LogP contribution in [-0.2, 0) is 0 Å². The summed E-state index contributed by atoms with van der Waals surface area (Å²) in [6, 6.07) is 68.6. The molecule has 0 saturated carbocycles. The Morgan fingerprint density at radius 1 is 0.434 bits per heavy atom. The van der Waals surface area contributed by atoms with Gasteiger partial charge in [-0.2, -0.15) is 0 Å². The summed E-state index contributed by atoms with van der Waals surface area (Å²) < 4.78 is 6.60. The number of aromatic nitrogens is 1. The molecule has 9 aromatic rings. The van der Waals surface area contributed by atoms with Gasteiger partial charge in [-0.3, -0.25) is 0 Å². The average Bonchev–Trinajstić information content (AvgIpc) is 3.69. The summed E-state index contributed by atoms with van der Waals surface area (Å²) in [5, 5.41) is 7.27. The highest BCUT2D eigenvalue weighted by atomic mass is 16.5. The lowest BCUT2D eigenvalue weighted by molar-refractivity contribution is 0.260. The number of nitrogens with zero attached hydrogens (tertiary/aromatic N) is 1. The van der Waals surface area contributed by atoms with Crippen molar-refractivity contribution in [3.05, 3.63) is 200 Å². The van der Waals surface area contributed by atoms with Crippen molar-refractivity contribution in [1.29, 1.82) is 0 Å². The lowest BCUT2D eigenvalue weighted by atomic mass is 9.86. The van der Waals surface area contributed by atoms with Crippen molar-refractivity contribution in [3.63, 3.8) is 0 Å². The van der Waals surface area contributed by atoms with Gasteiger partial charge in [-0.15, -0.1) is 0 Å². The number of para-hydroxylation sites is 2. The number of hydrogen-bond acceptors (Lipinski definition) is 3. The molecule has 0 fully saturated rings. The summed E-state index contributed by atoms with van der Waals surface area (Å²) in [6.45, 7) is 0. The zero-order valence-electron chi connectivity index (χ0n) is 28.9. The van der Waals surface area contributed by atoms with Crippen molar-refractivity contribution in [1.82, 2.24) is 4.98 Å². The highest BCUT2D eigenvalue weighted by molar-refractivity contribution is 6.09. The number of anilines is 1. The molecule has 1 aliphatic heterocycles. The van der Waals surface area contributed by atoms with Crippen LogP contribution in [0.2, 0.25) is 0 Å². The van der Waals surface area contributed by atoms with Gasteiger partial charge in [-0.1, -0.05) is 176 Å². The van der Waals surface area contributed by atoms with Crippen LogP contribution in [0.25, 0.3) is 77.4 Å². The number of rotatable bonds is 6. The summed E-state index contributed by atoms with van der Waals surface area (Å²) in [7, 11) is 0. The molecular weight excluding hydrogens is 645 g/mol. The number of nitrogens with one attached hydrogen (secondary N) is 1. The quantitative estimate of drug-likeness (QED) is 0.190. The Hall–Kier alpha value is -6.97. The van der Waals surface area contributed by atoms with E-state index in [1.807, 2.05) is 6.07 Å². The van der Waals surface area contributed by atoms with Crippen molar-refractivity contribution in [3.8, 4) is 61.5 Å². The van der Waals surface area contributed by atoms with Crippen LogP contribution >= 0.6 is 0 Å². The van der Waals surface area contributed by atoms with E-state index in [4.69, 9.17) is 9.72 Å². The number of fused-ring (bicyclic) bond motifs is 3. The predicted octanol–water partition coefficient (Wildman–Crippen LogP) is 13.2. The van der Waals surface area contributed by atoms with E-state index in [1.54, 1.807) is 0 Å². The molecule has 2 heterocycles. The summed E-state index contributed by atoms with van der Waals surface area (Å²) in [6.07, 6.45) is -0.301. The molecule has 1 N–H and O–H groups in total. The molecule has 1 atom stereocenters. The van der Waals surface area contributed by atoms with E-state index in [0.29, 0.717) is 0 Å². The first kappa shape index (κ1) is 30.8. The third-order valence-electron chi connectivity index (χ3n) is 10.4. The molecule has 0 spiro atoms. The van der Waals surface area contributed by atoms with E-state index in [9.17, 15) is 0 Å². The van der Waals surface area contributed by atoms with Crippen molar-refractivity contribution in [2.24, 2.45) is 0 Å². The molecule has 250 valence electrons. The zero-order valence-corrected chi connectivity index (χ0v) is 28.9. The second kappa shape index (κ2) is 13.0. The molecule has 0 saturated heterocycles. The Morgan fingerprint density at radius 3 is 1.89 bits per heavy atom. The van der Waals surface area contributed by atoms with Gasteiger partial charge < -0.3 is 10.1 Å². The molecule has 1 unspecified atom stereocenters. The fourth-order valence-electron chi connectivity index (χ4n) is 7.80. The first-order valence-electron chi connectivity index (χ1n) is 18.1. The molecule has 53 heavy (non-hydrogen) atoms. The summed E-state index contributed by atoms with van der Waals surface area (Å²) in [4.78, 5) is 5.29. The topological polar surface area (TPSA) is 34.2 Å². The Labute approximate surface area is 308 Å². The fourth-order valence-corrected chi connectivity index (χ4v) is 7.80. The zero-order chi connectivity index (χ0) is 35.1. The van der Waals surface area contributed by atoms with Gasteiger partial charge in [0.25, 0.3) is 0 Å². The van der Waals surface area contributed by atoms with Gasteiger partial charge in [0, 0.05) is 22.1 Å². The van der Waals surface area contributed by atoms with E-state index < -0.39 is 0 Å². The number of benzene rings is 8.